The summed E-state index contributed by atoms with van der Waals surface area (Å²) in [7, 11) is -4.24. The van der Waals surface area contributed by atoms with Crippen LogP contribution in [0.4, 0.5) is 4.39 Å². The van der Waals surface area contributed by atoms with Crippen molar-refractivity contribution >= 4 is 27.7 Å². The Hall–Kier alpha value is -4.05. The van der Waals surface area contributed by atoms with Gasteiger partial charge in [0.1, 0.15) is 23.3 Å². The van der Waals surface area contributed by atoms with E-state index in [4.69, 9.17) is 0 Å². The molecule has 204 valence electrons. The fourth-order valence-corrected chi connectivity index (χ4v) is 5.90. The van der Waals surface area contributed by atoms with Gasteiger partial charge in [-0.15, -0.1) is 0 Å². The van der Waals surface area contributed by atoms with E-state index in [9.17, 15) is 27.2 Å². The summed E-state index contributed by atoms with van der Waals surface area (Å²) < 4.78 is 40.4. The highest BCUT2D eigenvalue weighted by molar-refractivity contribution is 7.90. The van der Waals surface area contributed by atoms with Crippen LogP contribution in [-0.4, -0.2) is 54.0 Å². The number of fused-ring (bicyclic) bond motifs is 1. The Bertz CT molecular complexity index is 1460. The summed E-state index contributed by atoms with van der Waals surface area (Å²) in [5.74, 6) is -2.41. The predicted octanol–water partition coefficient (Wildman–Crippen LogP) is 3.53. The average Bonchev–Trinajstić information content (AvgIpc) is 3.12. The Labute approximate surface area is 227 Å². The molecule has 0 radical (unpaired) electrons. The van der Waals surface area contributed by atoms with Crippen molar-refractivity contribution in [3.8, 4) is 0 Å². The average molecular weight is 552 g/mol. The Kier molecular flexibility index (Phi) is 8.44. The highest BCUT2D eigenvalue weighted by atomic mass is 32.2. The van der Waals surface area contributed by atoms with Crippen molar-refractivity contribution in [1.82, 2.24) is 14.5 Å². The maximum Gasteiger partial charge on any atom is 0.269 e. The summed E-state index contributed by atoms with van der Waals surface area (Å²) in [6.07, 6.45) is 0.811. The van der Waals surface area contributed by atoms with E-state index in [1.807, 2.05) is 44.2 Å². The molecule has 1 N–H and O–H groups in total. The maximum absolute atomic E-state index is 13.9. The lowest BCUT2D eigenvalue weighted by Gasteiger charge is -2.33. The normalized spacial score (nSPS) is 15.4. The first kappa shape index (κ1) is 28.0. The largest absolute Gasteiger partial charge is 0.352 e. The molecule has 10 heteroatoms. The van der Waals surface area contributed by atoms with Crippen LogP contribution in [-0.2, 0) is 32.6 Å². The van der Waals surface area contributed by atoms with Crippen molar-refractivity contribution in [3.63, 3.8) is 0 Å². The highest BCUT2D eigenvalue weighted by Gasteiger charge is 2.43. The van der Waals surface area contributed by atoms with Gasteiger partial charge in [0.25, 0.3) is 15.9 Å². The third-order valence-corrected chi connectivity index (χ3v) is 8.52. The Morgan fingerprint density at radius 1 is 0.949 bits per heavy atom. The molecule has 2 atom stereocenters. The van der Waals surface area contributed by atoms with Crippen LogP contribution in [0.3, 0.4) is 0 Å². The minimum Gasteiger partial charge on any atom is -0.352 e. The number of carbonyl (C=O) groups is 3. The van der Waals surface area contributed by atoms with Crippen molar-refractivity contribution in [1.29, 1.82) is 0 Å². The summed E-state index contributed by atoms with van der Waals surface area (Å²) >= 11 is 0. The van der Waals surface area contributed by atoms with Gasteiger partial charge in [-0.25, -0.2) is 17.1 Å². The number of halogens is 1. The molecule has 1 heterocycles. The van der Waals surface area contributed by atoms with Crippen LogP contribution in [0.25, 0.3) is 0 Å². The van der Waals surface area contributed by atoms with Gasteiger partial charge in [0, 0.05) is 19.0 Å². The van der Waals surface area contributed by atoms with Gasteiger partial charge in [0.05, 0.1) is 5.56 Å². The number of benzene rings is 3. The van der Waals surface area contributed by atoms with Crippen LogP contribution in [0.15, 0.2) is 83.8 Å². The SMILES string of the molecule is CC[C@@H](C)NC(=O)[C@@H](Cc1ccccc1)N(Cc1ccc(F)cc1)C(=O)CN1C(=O)c2ccccc2S1(=O)=O. The van der Waals surface area contributed by atoms with E-state index in [2.05, 4.69) is 5.32 Å². The smallest absolute Gasteiger partial charge is 0.269 e. The van der Waals surface area contributed by atoms with Gasteiger partial charge >= 0.3 is 0 Å². The minimum absolute atomic E-state index is 0.00858. The van der Waals surface area contributed by atoms with Gasteiger partial charge in [0.15, 0.2) is 0 Å². The second-order valence-corrected chi connectivity index (χ2v) is 11.3. The molecule has 0 aliphatic carbocycles. The van der Waals surface area contributed by atoms with Crippen molar-refractivity contribution < 1.29 is 27.2 Å². The molecule has 1 aliphatic heterocycles. The van der Waals surface area contributed by atoms with Gasteiger partial charge in [-0.05, 0) is 48.7 Å². The summed E-state index contributed by atoms with van der Waals surface area (Å²) in [4.78, 5) is 41.5. The Morgan fingerprint density at radius 2 is 1.59 bits per heavy atom. The van der Waals surface area contributed by atoms with E-state index < -0.39 is 46.1 Å². The second-order valence-electron chi connectivity index (χ2n) is 9.48. The fraction of sp³-hybridized carbons (Fsp3) is 0.276. The molecule has 1 aliphatic rings. The molecule has 3 amide bonds. The first-order valence-electron chi connectivity index (χ1n) is 12.7. The third kappa shape index (κ3) is 6.17. The molecule has 8 nitrogen and oxygen atoms in total. The molecular weight excluding hydrogens is 521 g/mol. The predicted molar refractivity (Wildman–Crippen MR) is 143 cm³/mol. The topological polar surface area (TPSA) is 104 Å². The van der Waals surface area contributed by atoms with Crippen LogP contribution in [0.2, 0.25) is 0 Å². The summed E-state index contributed by atoms with van der Waals surface area (Å²) in [5.41, 5.74) is 1.32. The van der Waals surface area contributed by atoms with Gasteiger partial charge < -0.3 is 10.2 Å². The molecular formula is C29H30FN3O5S. The number of carbonyl (C=O) groups excluding carboxylic acids is 3. The zero-order chi connectivity index (χ0) is 28.2. The molecule has 4 rings (SSSR count). The zero-order valence-corrected chi connectivity index (χ0v) is 22.5. The van der Waals surface area contributed by atoms with Crippen LogP contribution >= 0.6 is 0 Å². The molecule has 0 fully saturated rings. The van der Waals surface area contributed by atoms with E-state index >= 15 is 0 Å². The zero-order valence-electron chi connectivity index (χ0n) is 21.7. The number of sulfonamides is 1. The molecule has 3 aromatic rings. The Morgan fingerprint density at radius 3 is 2.23 bits per heavy atom. The molecule has 0 aromatic heterocycles. The summed E-state index contributed by atoms with van der Waals surface area (Å²) in [6, 6.07) is 19.2. The minimum atomic E-state index is -4.24. The number of nitrogens with zero attached hydrogens (tertiary/aromatic N) is 2. The van der Waals surface area contributed by atoms with E-state index in [0.717, 1.165) is 5.56 Å². The van der Waals surface area contributed by atoms with Crippen LogP contribution in [0.5, 0.6) is 0 Å². The van der Waals surface area contributed by atoms with Crippen molar-refractivity contribution in [2.75, 3.05) is 6.54 Å². The van der Waals surface area contributed by atoms with Crippen LogP contribution < -0.4 is 5.32 Å². The lowest BCUT2D eigenvalue weighted by atomic mass is 10.0. The molecule has 3 aromatic carbocycles. The van der Waals surface area contributed by atoms with Crippen molar-refractivity contribution in [3.05, 3.63) is 101 Å². The fourth-order valence-electron chi connectivity index (χ4n) is 4.38. The van der Waals surface area contributed by atoms with Gasteiger partial charge in [-0.1, -0.05) is 61.5 Å². The molecule has 0 unspecified atom stereocenters. The molecule has 39 heavy (non-hydrogen) atoms. The first-order valence-corrected chi connectivity index (χ1v) is 14.1. The maximum atomic E-state index is 13.9. The van der Waals surface area contributed by atoms with Crippen molar-refractivity contribution in [2.24, 2.45) is 0 Å². The first-order chi connectivity index (χ1) is 18.6. The molecule has 0 saturated carbocycles. The van der Waals surface area contributed by atoms with E-state index in [-0.39, 0.29) is 29.5 Å². The van der Waals surface area contributed by atoms with Gasteiger partial charge in [0.2, 0.25) is 11.8 Å². The number of hydrogen-bond acceptors (Lipinski definition) is 5. The van der Waals surface area contributed by atoms with Crippen LogP contribution in [0.1, 0.15) is 41.8 Å². The highest BCUT2D eigenvalue weighted by Crippen LogP contribution is 2.30. The van der Waals surface area contributed by atoms with E-state index in [0.29, 0.717) is 16.3 Å². The molecule has 0 saturated heterocycles. The van der Waals surface area contributed by atoms with E-state index in [1.54, 1.807) is 6.07 Å². The lowest BCUT2D eigenvalue weighted by Crippen LogP contribution is -2.54. The summed E-state index contributed by atoms with van der Waals surface area (Å²) in [5, 5.41) is 2.92. The number of amides is 3. The second kappa shape index (κ2) is 11.8. The van der Waals surface area contributed by atoms with Crippen LogP contribution in [0, 0.1) is 5.82 Å². The number of hydrogen-bond donors (Lipinski definition) is 1. The standard InChI is InChI=1S/C29H30FN3O5S/c1-3-20(2)31-28(35)25(17-21-9-5-4-6-10-21)32(18-22-13-15-23(30)16-14-22)27(34)19-33-29(36)24-11-7-8-12-26(24)39(33,37)38/h4-16,20,25H,3,17-19H2,1-2H3,(H,31,35)/t20-,25-/m1/s1. The summed E-state index contributed by atoms with van der Waals surface area (Å²) in [6.45, 7) is 2.88. The quantitative estimate of drug-likeness (QED) is 0.415. The van der Waals surface area contributed by atoms with Crippen molar-refractivity contribution in [2.45, 2.75) is 50.2 Å². The Balaban J connectivity index is 1.71. The van der Waals surface area contributed by atoms with Gasteiger partial charge in [-0.3, -0.25) is 14.4 Å². The number of nitrogens with one attached hydrogen (secondary N) is 1. The van der Waals surface area contributed by atoms with Gasteiger partial charge in [-0.2, -0.15) is 0 Å². The monoisotopic (exact) mass is 551 g/mol. The third-order valence-electron chi connectivity index (χ3n) is 6.73. The molecule has 0 spiro atoms. The molecule has 0 bridgehead atoms. The number of rotatable bonds is 10. The van der Waals surface area contributed by atoms with E-state index in [1.165, 1.54) is 47.4 Å². The lowest BCUT2D eigenvalue weighted by molar-refractivity contribution is -0.141.